The molecule has 2 rings (SSSR count). The van der Waals surface area contributed by atoms with E-state index in [1.807, 2.05) is 30.3 Å². The van der Waals surface area contributed by atoms with Crippen LogP contribution in [0.2, 0.25) is 0 Å². The van der Waals surface area contributed by atoms with Gasteiger partial charge in [-0.2, -0.15) is 0 Å². The van der Waals surface area contributed by atoms with Crippen LogP contribution in [-0.2, 0) is 9.53 Å². The molecule has 1 unspecified atom stereocenters. The normalized spacial score (nSPS) is 18.4. The lowest BCUT2D eigenvalue weighted by atomic mass is 9.83. The van der Waals surface area contributed by atoms with E-state index in [2.05, 4.69) is 5.32 Å². The molecule has 1 fully saturated rings. The number of esters is 1. The molecule has 4 heteroatoms. The van der Waals surface area contributed by atoms with E-state index < -0.39 is 6.23 Å². The summed E-state index contributed by atoms with van der Waals surface area (Å²) in [5.74, 6) is 0.0334. The van der Waals surface area contributed by atoms with Crippen LogP contribution in [0.25, 0.3) is 0 Å². The van der Waals surface area contributed by atoms with E-state index in [0.717, 1.165) is 18.4 Å². The van der Waals surface area contributed by atoms with Gasteiger partial charge in [0.15, 0.2) is 0 Å². The lowest BCUT2D eigenvalue weighted by molar-refractivity contribution is -0.141. The molecule has 1 aliphatic rings. The summed E-state index contributed by atoms with van der Waals surface area (Å²) in [4.78, 5) is 11.5. The monoisotopic (exact) mass is 263 g/mol. The number of rotatable bonds is 6. The number of aliphatic hydroxyl groups excluding tert-OH is 1. The van der Waals surface area contributed by atoms with E-state index in [1.165, 1.54) is 13.5 Å². The summed E-state index contributed by atoms with van der Waals surface area (Å²) in [6.07, 6.45) is 2.95. The summed E-state index contributed by atoms with van der Waals surface area (Å²) < 4.78 is 4.72. The van der Waals surface area contributed by atoms with Crippen molar-refractivity contribution in [3.63, 3.8) is 0 Å². The van der Waals surface area contributed by atoms with Crippen LogP contribution in [0.1, 0.15) is 37.3 Å². The highest BCUT2D eigenvalue weighted by Crippen LogP contribution is 2.30. The molecule has 0 aromatic heterocycles. The van der Waals surface area contributed by atoms with Gasteiger partial charge in [0.25, 0.3) is 0 Å². The summed E-state index contributed by atoms with van der Waals surface area (Å²) >= 11 is 0. The number of hydrogen-bond acceptors (Lipinski definition) is 4. The van der Waals surface area contributed by atoms with Gasteiger partial charge in [-0.1, -0.05) is 36.8 Å². The van der Waals surface area contributed by atoms with E-state index in [4.69, 9.17) is 4.74 Å². The Labute approximate surface area is 113 Å². The predicted molar refractivity (Wildman–Crippen MR) is 72.3 cm³/mol. The van der Waals surface area contributed by atoms with Gasteiger partial charge < -0.3 is 9.84 Å². The fourth-order valence-corrected chi connectivity index (χ4v) is 2.31. The molecule has 104 valence electrons. The fourth-order valence-electron chi connectivity index (χ4n) is 2.31. The molecule has 1 aliphatic carbocycles. The Morgan fingerprint density at radius 2 is 2.11 bits per heavy atom. The van der Waals surface area contributed by atoms with Crippen LogP contribution >= 0.6 is 0 Å². The lowest BCUT2D eigenvalue weighted by Crippen LogP contribution is -2.42. The highest BCUT2D eigenvalue weighted by atomic mass is 16.5. The SMILES string of the molecule is COC(=O)C[C@H](NC(O)C1CCC1)c1ccccc1. The van der Waals surface area contributed by atoms with Gasteiger partial charge in [-0.05, 0) is 24.3 Å². The summed E-state index contributed by atoms with van der Waals surface area (Å²) in [7, 11) is 1.38. The smallest absolute Gasteiger partial charge is 0.307 e. The largest absolute Gasteiger partial charge is 0.469 e. The quantitative estimate of drug-likeness (QED) is 0.609. The zero-order valence-electron chi connectivity index (χ0n) is 11.2. The number of ether oxygens (including phenoxy) is 1. The van der Waals surface area contributed by atoms with E-state index >= 15 is 0 Å². The molecule has 2 N–H and O–H groups in total. The third kappa shape index (κ3) is 3.78. The van der Waals surface area contributed by atoms with Gasteiger partial charge in [0.2, 0.25) is 0 Å². The van der Waals surface area contributed by atoms with Crippen LogP contribution < -0.4 is 5.32 Å². The van der Waals surface area contributed by atoms with E-state index in [1.54, 1.807) is 0 Å². The number of methoxy groups -OCH3 is 1. The Hall–Kier alpha value is -1.39. The zero-order chi connectivity index (χ0) is 13.7. The van der Waals surface area contributed by atoms with Gasteiger partial charge in [0.05, 0.1) is 13.5 Å². The van der Waals surface area contributed by atoms with Crippen molar-refractivity contribution in [3.05, 3.63) is 35.9 Å². The van der Waals surface area contributed by atoms with Crippen molar-refractivity contribution in [2.24, 2.45) is 5.92 Å². The van der Waals surface area contributed by atoms with Crippen molar-refractivity contribution in [2.75, 3.05) is 7.11 Å². The number of hydrogen-bond donors (Lipinski definition) is 2. The second kappa shape index (κ2) is 6.68. The Bertz CT molecular complexity index is 403. The molecular weight excluding hydrogens is 242 g/mol. The van der Waals surface area contributed by atoms with Gasteiger partial charge in [-0.25, -0.2) is 0 Å². The Balaban J connectivity index is 2.03. The van der Waals surface area contributed by atoms with Crippen molar-refractivity contribution in [1.82, 2.24) is 5.32 Å². The molecule has 19 heavy (non-hydrogen) atoms. The van der Waals surface area contributed by atoms with Crippen LogP contribution in [-0.4, -0.2) is 24.4 Å². The topological polar surface area (TPSA) is 58.6 Å². The maximum atomic E-state index is 11.5. The van der Waals surface area contributed by atoms with Crippen molar-refractivity contribution in [1.29, 1.82) is 0 Å². The first kappa shape index (κ1) is 14.0. The van der Waals surface area contributed by atoms with Gasteiger partial charge in [0, 0.05) is 6.04 Å². The molecule has 1 aromatic rings. The molecule has 0 radical (unpaired) electrons. The van der Waals surface area contributed by atoms with E-state index in [9.17, 15) is 9.90 Å². The molecule has 1 saturated carbocycles. The minimum Gasteiger partial charge on any atom is -0.469 e. The van der Waals surface area contributed by atoms with Gasteiger partial charge in [0.1, 0.15) is 6.23 Å². The Morgan fingerprint density at radius 1 is 1.42 bits per heavy atom. The summed E-state index contributed by atoms with van der Waals surface area (Å²) in [5.41, 5.74) is 0.992. The van der Waals surface area contributed by atoms with Crippen LogP contribution in [0.4, 0.5) is 0 Å². The maximum Gasteiger partial charge on any atom is 0.307 e. The Kier molecular flexibility index (Phi) is 4.93. The standard InChI is InChI=1S/C15H21NO3/c1-19-14(17)10-13(11-6-3-2-4-7-11)16-15(18)12-8-5-9-12/h2-4,6-7,12-13,15-16,18H,5,8-10H2,1H3/t13-,15?/m0/s1. The van der Waals surface area contributed by atoms with Crippen LogP contribution in [0, 0.1) is 5.92 Å². The van der Waals surface area contributed by atoms with Crippen molar-refractivity contribution >= 4 is 5.97 Å². The summed E-state index contributed by atoms with van der Waals surface area (Å²) in [5, 5.41) is 13.3. The molecule has 0 spiro atoms. The number of benzene rings is 1. The third-order valence-corrected chi connectivity index (χ3v) is 3.77. The first-order valence-corrected chi connectivity index (χ1v) is 6.76. The molecule has 0 aliphatic heterocycles. The van der Waals surface area contributed by atoms with Gasteiger partial charge in [-0.15, -0.1) is 0 Å². The minimum atomic E-state index is -0.552. The molecule has 2 atom stereocenters. The van der Waals surface area contributed by atoms with Gasteiger partial charge in [-0.3, -0.25) is 10.1 Å². The maximum absolute atomic E-state index is 11.5. The lowest BCUT2D eigenvalue weighted by Gasteiger charge is -2.33. The van der Waals surface area contributed by atoms with Crippen molar-refractivity contribution < 1.29 is 14.6 Å². The van der Waals surface area contributed by atoms with E-state index in [0.29, 0.717) is 5.92 Å². The molecule has 0 amide bonds. The average molecular weight is 263 g/mol. The molecule has 0 bridgehead atoms. The molecule has 0 heterocycles. The second-order valence-electron chi connectivity index (χ2n) is 5.05. The highest BCUT2D eigenvalue weighted by Gasteiger charge is 2.28. The van der Waals surface area contributed by atoms with Crippen LogP contribution in [0.5, 0.6) is 0 Å². The first-order chi connectivity index (χ1) is 9.20. The van der Waals surface area contributed by atoms with Crippen molar-refractivity contribution in [3.8, 4) is 0 Å². The zero-order valence-corrected chi connectivity index (χ0v) is 11.2. The predicted octanol–water partition coefficient (Wildman–Crippen LogP) is 2.00. The second-order valence-corrected chi connectivity index (χ2v) is 5.05. The van der Waals surface area contributed by atoms with Gasteiger partial charge >= 0.3 is 5.97 Å². The Morgan fingerprint density at radius 3 is 2.63 bits per heavy atom. The average Bonchev–Trinajstić information content (AvgIpc) is 2.36. The molecule has 4 nitrogen and oxygen atoms in total. The number of aliphatic hydroxyl groups is 1. The first-order valence-electron chi connectivity index (χ1n) is 6.76. The van der Waals surface area contributed by atoms with Crippen molar-refractivity contribution in [2.45, 2.75) is 38.0 Å². The summed E-state index contributed by atoms with van der Waals surface area (Å²) in [6, 6.07) is 9.49. The molecular formula is C15H21NO3. The van der Waals surface area contributed by atoms with Crippen LogP contribution in [0.15, 0.2) is 30.3 Å². The highest BCUT2D eigenvalue weighted by molar-refractivity contribution is 5.70. The third-order valence-electron chi connectivity index (χ3n) is 3.77. The molecule has 1 aromatic carbocycles. The summed E-state index contributed by atoms with van der Waals surface area (Å²) in [6.45, 7) is 0. The fraction of sp³-hybridized carbons (Fsp3) is 0.533. The minimum absolute atomic E-state index is 0.204. The molecule has 0 saturated heterocycles. The number of carbonyl (C=O) groups excluding carboxylic acids is 1. The van der Waals surface area contributed by atoms with Crippen LogP contribution in [0.3, 0.4) is 0 Å². The number of carbonyl (C=O) groups is 1. The van der Waals surface area contributed by atoms with E-state index in [-0.39, 0.29) is 18.4 Å². The number of nitrogens with one attached hydrogen (secondary N) is 1.